The molecule has 0 radical (unpaired) electrons. The van der Waals surface area contributed by atoms with Crippen molar-refractivity contribution in [3.05, 3.63) is 0 Å². The van der Waals surface area contributed by atoms with Gasteiger partial charge >= 0.3 is 0 Å². The van der Waals surface area contributed by atoms with Gasteiger partial charge in [-0.25, -0.2) is 0 Å². The van der Waals surface area contributed by atoms with Gasteiger partial charge in [0, 0.05) is 14.1 Å². The standard InChI is InChI=1S/C9H17BrN2O2/c1-6(7(13)12(4)5)11-8(14)9(2,3)10/h6H,1-5H3,(H,11,14). The third-order valence-corrected chi connectivity index (χ3v) is 2.06. The second-order valence-corrected chi connectivity index (χ2v) is 5.88. The zero-order valence-corrected chi connectivity index (χ0v) is 10.8. The molecule has 4 nitrogen and oxygen atoms in total. The van der Waals surface area contributed by atoms with E-state index >= 15 is 0 Å². The third-order valence-electron chi connectivity index (χ3n) is 1.70. The summed E-state index contributed by atoms with van der Waals surface area (Å²) in [6.07, 6.45) is 0. The maximum Gasteiger partial charge on any atom is 0.244 e. The van der Waals surface area contributed by atoms with Gasteiger partial charge in [-0.15, -0.1) is 0 Å². The minimum Gasteiger partial charge on any atom is -0.347 e. The molecule has 0 aromatic heterocycles. The van der Waals surface area contributed by atoms with E-state index in [2.05, 4.69) is 21.2 Å². The van der Waals surface area contributed by atoms with Crippen LogP contribution >= 0.6 is 15.9 Å². The smallest absolute Gasteiger partial charge is 0.244 e. The Kier molecular flexibility index (Phi) is 4.58. The Morgan fingerprint density at radius 2 is 1.79 bits per heavy atom. The number of likely N-dealkylation sites (N-methyl/N-ethyl adjacent to an activating group) is 1. The average Bonchev–Trinajstić information content (AvgIpc) is 2.00. The first kappa shape index (κ1) is 13.4. The number of carbonyl (C=O) groups excluding carboxylic acids is 2. The van der Waals surface area contributed by atoms with Crippen LogP contribution in [0.4, 0.5) is 0 Å². The van der Waals surface area contributed by atoms with Gasteiger partial charge in [0.1, 0.15) is 6.04 Å². The number of halogens is 1. The van der Waals surface area contributed by atoms with E-state index in [9.17, 15) is 9.59 Å². The van der Waals surface area contributed by atoms with Gasteiger partial charge in [0.2, 0.25) is 11.8 Å². The van der Waals surface area contributed by atoms with Crippen molar-refractivity contribution in [2.45, 2.75) is 31.1 Å². The molecule has 0 rings (SSSR count). The Bertz CT molecular complexity index is 233. The first-order valence-corrected chi connectivity index (χ1v) is 5.16. The van der Waals surface area contributed by atoms with Crippen molar-refractivity contribution in [3.8, 4) is 0 Å². The summed E-state index contributed by atoms with van der Waals surface area (Å²) in [4.78, 5) is 24.3. The van der Waals surface area contributed by atoms with Crippen LogP contribution in [0.15, 0.2) is 0 Å². The number of rotatable bonds is 3. The lowest BCUT2D eigenvalue weighted by Gasteiger charge is -2.22. The number of nitrogens with one attached hydrogen (secondary N) is 1. The maximum atomic E-state index is 11.5. The highest BCUT2D eigenvalue weighted by Crippen LogP contribution is 2.15. The van der Waals surface area contributed by atoms with Crippen LogP contribution < -0.4 is 5.32 Å². The molecule has 0 fully saturated rings. The van der Waals surface area contributed by atoms with Crippen molar-refractivity contribution in [2.75, 3.05) is 14.1 Å². The molecule has 82 valence electrons. The molecule has 0 saturated carbocycles. The Morgan fingerprint density at radius 1 is 1.36 bits per heavy atom. The number of alkyl halides is 1. The molecule has 1 N–H and O–H groups in total. The molecule has 0 saturated heterocycles. The summed E-state index contributed by atoms with van der Waals surface area (Å²) >= 11 is 3.22. The molecule has 0 aromatic carbocycles. The van der Waals surface area contributed by atoms with Gasteiger partial charge in [-0.05, 0) is 20.8 Å². The van der Waals surface area contributed by atoms with Crippen LogP contribution in [-0.2, 0) is 9.59 Å². The van der Waals surface area contributed by atoms with Gasteiger partial charge in [-0.2, -0.15) is 0 Å². The van der Waals surface area contributed by atoms with E-state index in [0.717, 1.165) is 0 Å². The van der Waals surface area contributed by atoms with Crippen LogP contribution in [0.2, 0.25) is 0 Å². The van der Waals surface area contributed by atoms with Crippen molar-refractivity contribution in [2.24, 2.45) is 0 Å². The van der Waals surface area contributed by atoms with E-state index in [1.165, 1.54) is 4.90 Å². The zero-order chi connectivity index (χ0) is 11.5. The number of carbonyl (C=O) groups is 2. The molecule has 0 aromatic rings. The summed E-state index contributed by atoms with van der Waals surface area (Å²) in [5.74, 6) is -0.310. The number of hydrogen-bond donors (Lipinski definition) is 1. The van der Waals surface area contributed by atoms with E-state index in [-0.39, 0.29) is 11.8 Å². The molecule has 2 amide bonds. The third kappa shape index (κ3) is 4.09. The van der Waals surface area contributed by atoms with Crippen LogP contribution in [-0.4, -0.2) is 41.2 Å². The summed E-state index contributed by atoms with van der Waals surface area (Å²) in [7, 11) is 3.31. The molecular formula is C9H17BrN2O2. The highest BCUT2D eigenvalue weighted by molar-refractivity contribution is 9.10. The van der Waals surface area contributed by atoms with Crippen LogP contribution in [0.5, 0.6) is 0 Å². The van der Waals surface area contributed by atoms with Crippen LogP contribution in [0.3, 0.4) is 0 Å². The second-order valence-electron chi connectivity index (χ2n) is 3.90. The van der Waals surface area contributed by atoms with E-state index in [1.54, 1.807) is 34.9 Å². The number of nitrogens with zero attached hydrogens (tertiary/aromatic N) is 1. The van der Waals surface area contributed by atoms with Gasteiger partial charge in [0.25, 0.3) is 0 Å². The van der Waals surface area contributed by atoms with Gasteiger partial charge in [0.15, 0.2) is 0 Å². The molecular weight excluding hydrogens is 248 g/mol. The van der Waals surface area contributed by atoms with Crippen LogP contribution in [0, 0.1) is 0 Å². The fourth-order valence-electron chi connectivity index (χ4n) is 0.817. The van der Waals surface area contributed by atoms with Gasteiger partial charge < -0.3 is 10.2 Å². The maximum absolute atomic E-state index is 11.5. The van der Waals surface area contributed by atoms with Gasteiger partial charge in [-0.1, -0.05) is 15.9 Å². The van der Waals surface area contributed by atoms with Crippen molar-refractivity contribution >= 4 is 27.7 Å². The van der Waals surface area contributed by atoms with E-state index in [0.29, 0.717) is 0 Å². The molecule has 0 bridgehead atoms. The summed E-state index contributed by atoms with van der Waals surface area (Å²) in [5.41, 5.74) is 0. The van der Waals surface area contributed by atoms with Crippen molar-refractivity contribution < 1.29 is 9.59 Å². The van der Waals surface area contributed by atoms with E-state index in [4.69, 9.17) is 0 Å². The topological polar surface area (TPSA) is 49.4 Å². The zero-order valence-electron chi connectivity index (χ0n) is 9.22. The first-order chi connectivity index (χ1) is 6.16. The lowest BCUT2D eigenvalue weighted by atomic mass is 10.2. The van der Waals surface area contributed by atoms with Gasteiger partial charge in [0.05, 0.1) is 4.32 Å². The van der Waals surface area contributed by atoms with Gasteiger partial charge in [-0.3, -0.25) is 9.59 Å². The SMILES string of the molecule is CC(NC(=O)C(C)(C)Br)C(=O)N(C)C. The summed E-state index contributed by atoms with van der Waals surface area (Å²) in [6, 6.07) is -0.491. The lowest BCUT2D eigenvalue weighted by Crippen LogP contribution is -2.49. The molecule has 1 atom stereocenters. The lowest BCUT2D eigenvalue weighted by molar-refractivity contribution is -0.134. The van der Waals surface area contributed by atoms with Crippen LogP contribution in [0.25, 0.3) is 0 Å². The largest absolute Gasteiger partial charge is 0.347 e. The fourth-order valence-corrected chi connectivity index (χ4v) is 0.932. The highest BCUT2D eigenvalue weighted by Gasteiger charge is 2.27. The molecule has 0 aliphatic heterocycles. The predicted octanol–water partition coefficient (Wildman–Crippen LogP) is 0.753. The Balaban J connectivity index is 4.27. The summed E-state index contributed by atoms with van der Waals surface area (Å²) in [5, 5.41) is 2.62. The molecule has 14 heavy (non-hydrogen) atoms. The van der Waals surface area contributed by atoms with E-state index in [1.807, 2.05) is 0 Å². The normalized spacial score (nSPS) is 13.3. The monoisotopic (exact) mass is 264 g/mol. The second kappa shape index (κ2) is 4.77. The Labute approximate surface area is 93.2 Å². The Morgan fingerprint density at radius 3 is 2.07 bits per heavy atom. The minimum atomic E-state index is -0.645. The average molecular weight is 265 g/mol. The molecule has 0 spiro atoms. The quantitative estimate of drug-likeness (QED) is 0.766. The molecule has 5 heteroatoms. The minimum absolute atomic E-state index is 0.116. The fraction of sp³-hybridized carbons (Fsp3) is 0.778. The predicted molar refractivity (Wildman–Crippen MR) is 59.3 cm³/mol. The summed E-state index contributed by atoms with van der Waals surface area (Å²) < 4.78 is -0.645. The van der Waals surface area contributed by atoms with Crippen molar-refractivity contribution in [1.82, 2.24) is 10.2 Å². The first-order valence-electron chi connectivity index (χ1n) is 4.37. The summed E-state index contributed by atoms with van der Waals surface area (Å²) in [6.45, 7) is 5.13. The molecule has 0 aliphatic rings. The molecule has 0 aliphatic carbocycles. The highest BCUT2D eigenvalue weighted by atomic mass is 79.9. The van der Waals surface area contributed by atoms with Crippen LogP contribution in [0.1, 0.15) is 20.8 Å². The Hall–Kier alpha value is -0.580. The molecule has 0 heterocycles. The van der Waals surface area contributed by atoms with Crippen molar-refractivity contribution in [1.29, 1.82) is 0 Å². The molecule has 1 unspecified atom stereocenters. The van der Waals surface area contributed by atoms with E-state index < -0.39 is 10.4 Å². The number of amides is 2. The van der Waals surface area contributed by atoms with Crippen molar-refractivity contribution in [3.63, 3.8) is 0 Å². The number of hydrogen-bond acceptors (Lipinski definition) is 2.